The monoisotopic (exact) mass is 262 g/mol. The molecule has 0 amide bonds. The number of carbonyl (C=O) groups excluding carboxylic acids is 1. The highest BCUT2D eigenvalue weighted by atomic mass is 35.5. The minimum absolute atomic E-state index is 0.0707. The molecule has 1 aromatic carbocycles. The molecule has 88 valence electrons. The van der Waals surface area contributed by atoms with Crippen LogP contribution in [0.3, 0.4) is 0 Å². The molecule has 0 radical (unpaired) electrons. The first-order valence-electron chi connectivity index (χ1n) is 4.53. The lowest BCUT2D eigenvalue weighted by molar-refractivity contribution is 0.0526. The van der Waals surface area contributed by atoms with Crippen molar-refractivity contribution in [3.05, 3.63) is 28.8 Å². The third-order valence-corrected chi connectivity index (χ3v) is 3.29. The number of hydrogen-bond acceptors (Lipinski definition) is 4. The second-order valence-corrected chi connectivity index (χ2v) is 5.56. The normalized spacial score (nSPS) is 11.2. The first-order valence-corrected chi connectivity index (χ1v) is 6.80. The van der Waals surface area contributed by atoms with Gasteiger partial charge in [-0.1, -0.05) is 11.6 Å². The third-order valence-electron chi connectivity index (χ3n) is 1.86. The van der Waals surface area contributed by atoms with Crippen molar-refractivity contribution in [3.8, 4) is 0 Å². The van der Waals surface area contributed by atoms with Gasteiger partial charge >= 0.3 is 5.97 Å². The highest BCUT2D eigenvalue weighted by Crippen LogP contribution is 2.21. The van der Waals surface area contributed by atoms with E-state index in [9.17, 15) is 13.2 Å². The maximum atomic E-state index is 11.4. The molecule has 6 heteroatoms. The molecule has 0 bridgehead atoms. The molecule has 16 heavy (non-hydrogen) atoms. The van der Waals surface area contributed by atoms with Crippen molar-refractivity contribution in [2.75, 3.05) is 12.9 Å². The highest BCUT2D eigenvalue weighted by molar-refractivity contribution is 7.90. The summed E-state index contributed by atoms with van der Waals surface area (Å²) in [6, 6.07) is 3.91. The van der Waals surface area contributed by atoms with Crippen LogP contribution in [0.5, 0.6) is 0 Å². The SMILES string of the molecule is CCOC(=O)c1ccc(S(C)(=O)=O)cc1Cl. The largest absolute Gasteiger partial charge is 0.462 e. The molecule has 0 aliphatic heterocycles. The Bertz CT molecular complexity index is 508. The van der Waals surface area contributed by atoms with Crippen molar-refractivity contribution in [3.63, 3.8) is 0 Å². The molecule has 0 spiro atoms. The van der Waals surface area contributed by atoms with E-state index in [-0.39, 0.29) is 22.1 Å². The van der Waals surface area contributed by atoms with Crippen LogP contribution in [0.15, 0.2) is 23.1 Å². The topological polar surface area (TPSA) is 60.4 Å². The molecule has 0 saturated carbocycles. The van der Waals surface area contributed by atoms with Gasteiger partial charge in [-0.25, -0.2) is 13.2 Å². The predicted octanol–water partition coefficient (Wildman–Crippen LogP) is 1.92. The third kappa shape index (κ3) is 2.96. The molecule has 1 rings (SSSR count). The van der Waals surface area contributed by atoms with Gasteiger partial charge in [-0.2, -0.15) is 0 Å². The van der Waals surface area contributed by atoms with E-state index in [1.807, 2.05) is 0 Å². The van der Waals surface area contributed by atoms with E-state index in [4.69, 9.17) is 16.3 Å². The molecule has 0 fully saturated rings. The van der Waals surface area contributed by atoms with Crippen LogP contribution < -0.4 is 0 Å². The van der Waals surface area contributed by atoms with Crippen molar-refractivity contribution in [2.45, 2.75) is 11.8 Å². The van der Waals surface area contributed by atoms with Gasteiger partial charge in [0.25, 0.3) is 0 Å². The van der Waals surface area contributed by atoms with E-state index in [0.717, 1.165) is 6.26 Å². The summed E-state index contributed by atoms with van der Waals surface area (Å²) in [5.74, 6) is -0.562. The molecule has 0 atom stereocenters. The number of halogens is 1. The summed E-state index contributed by atoms with van der Waals surface area (Å²) < 4.78 is 27.2. The van der Waals surface area contributed by atoms with E-state index in [1.165, 1.54) is 18.2 Å². The minimum atomic E-state index is -3.32. The van der Waals surface area contributed by atoms with Crippen molar-refractivity contribution in [2.24, 2.45) is 0 Å². The summed E-state index contributed by atoms with van der Waals surface area (Å²) in [4.78, 5) is 11.4. The van der Waals surface area contributed by atoms with Gasteiger partial charge in [0.15, 0.2) is 9.84 Å². The van der Waals surface area contributed by atoms with E-state index < -0.39 is 15.8 Å². The molecule has 0 aliphatic carbocycles. The van der Waals surface area contributed by atoms with Crippen LogP contribution in [0, 0.1) is 0 Å². The lowest BCUT2D eigenvalue weighted by Gasteiger charge is -2.05. The Hall–Kier alpha value is -1.07. The Morgan fingerprint density at radius 3 is 2.50 bits per heavy atom. The molecule has 0 N–H and O–H groups in total. The molecule has 0 saturated heterocycles. The van der Waals surface area contributed by atoms with Gasteiger partial charge in [-0.05, 0) is 25.1 Å². The molecular formula is C10H11ClO4S. The molecule has 0 unspecified atom stereocenters. The summed E-state index contributed by atoms with van der Waals surface area (Å²) in [6.45, 7) is 1.92. The summed E-state index contributed by atoms with van der Waals surface area (Å²) in [5.41, 5.74) is 0.163. The van der Waals surface area contributed by atoms with Gasteiger partial charge in [0.1, 0.15) is 0 Å². The average molecular weight is 263 g/mol. The number of sulfone groups is 1. The Morgan fingerprint density at radius 2 is 2.06 bits per heavy atom. The van der Waals surface area contributed by atoms with E-state index in [1.54, 1.807) is 6.92 Å². The van der Waals surface area contributed by atoms with Crippen molar-refractivity contribution in [1.29, 1.82) is 0 Å². The van der Waals surface area contributed by atoms with Gasteiger partial charge in [0, 0.05) is 6.26 Å². The van der Waals surface area contributed by atoms with Crippen LogP contribution in [0.2, 0.25) is 5.02 Å². The summed E-state index contributed by atoms with van der Waals surface area (Å²) in [6.07, 6.45) is 1.07. The van der Waals surface area contributed by atoms with Crippen LogP contribution in [0.1, 0.15) is 17.3 Å². The van der Waals surface area contributed by atoms with E-state index in [0.29, 0.717) is 0 Å². The van der Waals surface area contributed by atoms with Crippen LogP contribution in [0.4, 0.5) is 0 Å². The second kappa shape index (κ2) is 4.84. The first kappa shape index (κ1) is 13.0. The standard InChI is InChI=1S/C10H11ClO4S/c1-3-15-10(12)8-5-4-7(6-9(8)11)16(2,13)14/h4-6H,3H2,1-2H3. The summed E-state index contributed by atoms with van der Waals surface area (Å²) in [7, 11) is -3.32. The van der Waals surface area contributed by atoms with Crippen LogP contribution in [-0.4, -0.2) is 27.2 Å². The quantitative estimate of drug-likeness (QED) is 0.781. The zero-order valence-corrected chi connectivity index (χ0v) is 10.4. The second-order valence-electron chi connectivity index (χ2n) is 3.13. The zero-order valence-electron chi connectivity index (χ0n) is 8.86. The molecule has 0 aromatic heterocycles. The lowest BCUT2D eigenvalue weighted by Crippen LogP contribution is -2.06. The number of ether oxygens (including phenoxy) is 1. The maximum Gasteiger partial charge on any atom is 0.339 e. The maximum absolute atomic E-state index is 11.4. The highest BCUT2D eigenvalue weighted by Gasteiger charge is 2.15. The molecule has 0 aliphatic rings. The summed E-state index contributed by atoms with van der Waals surface area (Å²) in [5, 5.41) is 0.0707. The fraction of sp³-hybridized carbons (Fsp3) is 0.300. The average Bonchev–Trinajstić information content (AvgIpc) is 2.16. The van der Waals surface area contributed by atoms with Crippen molar-refractivity contribution in [1.82, 2.24) is 0 Å². The zero-order chi connectivity index (χ0) is 12.3. The van der Waals surface area contributed by atoms with Crippen molar-refractivity contribution >= 4 is 27.4 Å². The number of esters is 1. The van der Waals surface area contributed by atoms with Gasteiger partial charge in [0.2, 0.25) is 0 Å². The molecule has 1 aromatic rings. The minimum Gasteiger partial charge on any atom is -0.462 e. The fourth-order valence-electron chi connectivity index (χ4n) is 1.10. The molecule has 0 heterocycles. The fourth-order valence-corrected chi connectivity index (χ4v) is 2.07. The Kier molecular flexibility index (Phi) is 3.93. The lowest BCUT2D eigenvalue weighted by atomic mass is 10.2. The van der Waals surface area contributed by atoms with Gasteiger partial charge in [-0.3, -0.25) is 0 Å². The van der Waals surface area contributed by atoms with E-state index >= 15 is 0 Å². The van der Waals surface area contributed by atoms with Gasteiger partial charge in [0.05, 0.1) is 22.1 Å². The Labute approximate surface area is 99.1 Å². The van der Waals surface area contributed by atoms with Crippen LogP contribution in [0.25, 0.3) is 0 Å². The summed E-state index contributed by atoms with van der Waals surface area (Å²) >= 11 is 5.80. The van der Waals surface area contributed by atoms with Gasteiger partial charge < -0.3 is 4.74 Å². The molecular weight excluding hydrogens is 252 g/mol. The Balaban J connectivity index is 3.15. The number of rotatable bonds is 3. The van der Waals surface area contributed by atoms with Crippen LogP contribution >= 0.6 is 11.6 Å². The number of hydrogen-bond donors (Lipinski definition) is 0. The molecule has 4 nitrogen and oxygen atoms in total. The van der Waals surface area contributed by atoms with E-state index in [2.05, 4.69) is 0 Å². The smallest absolute Gasteiger partial charge is 0.339 e. The Morgan fingerprint density at radius 1 is 1.44 bits per heavy atom. The van der Waals surface area contributed by atoms with Crippen LogP contribution in [-0.2, 0) is 14.6 Å². The predicted molar refractivity (Wildman–Crippen MR) is 60.5 cm³/mol. The van der Waals surface area contributed by atoms with Crippen molar-refractivity contribution < 1.29 is 17.9 Å². The first-order chi connectivity index (χ1) is 7.36. The number of carbonyl (C=O) groups is 1. The van der Waals surface area contributed by atoms with Gasteiger partial charge in [-0.15, -0.1) is 0 Å². The number of benzene rings is 1.